The van der Waals surface area contributed by atoms with Crippen molar-refractivity contribution in [3.63, 3.8) is 0 Å². The SMILES string of the molecule is COC(=O)c1ccc2nc(CN3CC[C@H](Oc4ccnc(NCc5ccc(F)cc5F)n4)C[C@@H]3C)n(C[C@@H]3CCO3)c2c1. The number of carbonyl (C=O) groups is 1. The molecule has 2 aliphatic rings. The van der Waals surface area contributed by atoms with Crippen LogP contribution in [0.5, 0.6) is 5.88 Å². The molecular formula is C31H34F2N6O4. The van der Waals surface area contributed by atoms with E-state index in [0.29, 0.717) is 36.0 Å². The van der Waals surface area contributed by atoms with Crippen molar-refractivity contribution in [2.75, 3.05) is 25.6 Å². The predicted molar refractivity (Wildman–Crippen MR) is 155 cm³/mol. The van der Waals surface area contributed by atoms with E-state index in [1.807, 2.05) is 12.1 Å². The summed E-state index contributed by atoms with van der Waals surface area (Å²) in [6.07, 6.45) is 4.29. The van der Waals surface area contributed by atoms with E-state index in [2.05, 4.69) is 31.7 Å². The number of likely N-dealkylation sites (tertiary alicyclic amines) is 1. The second-order valence-electron chi connectivity index (χ2n) is 11.0. The maximum absolute atomic E-state index is 14.0. The molecule has 2 saturated heterocycles. The average Bonchev–Trinajstić information content (AvgIpc) is 3.31. The van der Waals surface area contributed by atoms with E-state index in [1.165, 1.54) is 19.2 Å². The van der Waals surface area contributed by atoms with Crippen LogP contribution < -0.4 is 10.1 Å². The summed E-state index contributed by atoms with van der Waals surface area (Å²) in [5, 5.41) is 2.98. The van der Waals surface area contributed by atoms with Gasteiger partial charge in [0.15, 0.2) is 0 Å². The molecule has 2 fully saturated rings. The second kappa shape index (κ2) is 12.6. The fourth-order valence-electron chi connectivity index (χ4n) is 5.58. The first-order valence-electron chi connectivity index (χ1n) is 14.5. The first kappa shape index (κ1) is 28.9. The van der Waals surface area contributed by atoms with Crippen molar-refractivity contribution < 1.29 is 27.8 Å². The minimum Gasteiger partial charge on any atom is -0.474 e. The zero-order valence-corrected chi connectivity index (χ0v) is 24.1. The number of nitrogens with zero attached hydrogens (tertiary/aromatic N) is 5. The van der Waals surface area contributed by atoms with Gasteiger partial charge in [0.25, 0.3) is 0 Å². The highest BCUT2D eigenvalue weighted by atomic mass is 19.1. The summed E-state index contributed by atoms with van der Waals surface area (Å²) in [7, 11) is 1.38. The van der Waals surface area contributed by atoms with Crippen molar-refractivity contribution in [1.82, 2.24) is 24.4 Å². The van der Waals surface area contributed by atoms with Crippen LogP contribution in [0.25, 0.3) is 11.0 Å². The first-order valence-corrected chi connectivity index (χ1v) is 14.5. The quantitative estimate of drug-likeness (QED) is 0.262. The van der Waals surface area contributed by atoms with Crippen molar-refractivity contribution in [2.45, 2.75) is 64.1 Å². The summed E-state index contributed by atoms with van der Waals surface area (Å²) < 4.78 is 46.2. The van der Waals surface area contributed by atoms with Crippen molar-refractivity contribution >= 4 is 23.0 Å². The number of ether oxygens (including phenoxy) is 3. The molecule has 10 nitrogen and oxygen atoms in total. The number of benzene rings is 2. The van der Waals surface area contributed by atoms with Crippen LogP contribution in [-0.4, -0.2) is 68.9 Å². The number of fused-ring (bicyclic) bond motifs is 1. The lowest BCUT2D eigenvalue weighted by Gasteiger charge is -2.37. The van der Waals surface area contributed by atoms with Crippen molar-refractivity contribution in [1.29, 1.82) is 0 Å². The maximum Gasteiger partial charge on any atom is 0.337 e. The van der Waals surface area contributed by atoms with Gasteiger partial charge in [-0.2, -0.15) is 4.98 Å². The lowest BCUT2D eigenvalue weighted by molar-refractivity contribution is -0.0593. The molecule has 0 bridgehead atoms. The summed E-state index contributed by atoms with van der Waals surface area (Å²) in [4.78, 5) is 28.1. The van der Waals surface area contributed by atoms with E-state index >= 15 is 0 Å². The number of halogens is 2. The number of nitrogens with one attached hydrogen (secondary N) is 1. The van der Waals surface area contributed by atoms with Crippen LogP contribution in [0.15, 0.2) is 48.7 Å². The summed E-state index contributed by atoms with van der Waals surface area (Å²) in [6, 6.07) is 10.8. The third kappa shape index (κ3) is 6.60. The highest BCUT2D eigenvalue weighted by Crippen LogP contribution is 2.27. The Kier molecular flexibility index (Phi) is 8.48. The third-order valence-corrected chi connectivity index (χ3v) is 8.11. The molecule has 6 rings (SSSR count). The van der Waals surface area contributed by atoms with E-state index in [1.54, 1.807) is 18.3 Å². The van der Waals surface area contributed by atoms with Gasteiger partial charge in [-0.1, -0.05) is 6.07 Å². The lowest BCUT2D eigenvalue weighted by Crippen LogP contribution is -2.44. The largest absolute Gasteiger partial charge is 0.474 e. The van der Waals surface area contributed by atoms with Gasteiger partial charge in [-0.15, -0.1) is 0 Å². The highest BCUT2D eigenvalue weighted by Gasteiger charge is 2.29. The number of aromatic nitrogens is 4. The standard InChI is InChI=1S/C31H34F2N6O4/c1-19-13-23(43-29-7-10-34-31(37-29)35-16-21-3-5-22(32)15-25(21)33)8-11-38(19)18-28-36-26-6-4-20(30(40)41-2)14-27(26)39(28)17-24-9-12-42-24/h3-7,10,14-15,19,23-24H,8-9,11-13,16-18H2,1-2H3,(H,34,35,37)/t19-,23-,24-/m0/s1. The van der Waals surface area contributed by atoms with Gasteiger partial charge in [0.05, 0.1) is 42.9 Å². The van der Waals surface area contributed by atoms with Gasteiger partial charge in [0.1, 0.15) is 23.6 Å². The fraction of sp³-hybridized carbons (Fsp3) is 0.419. The topological polar surface area (TPSA) is 104 Å². The smallest absolute Gasteiger partial charge is 0.337 e. The molecular weight excluding hydrogens is 558 g/mol. The minimum absolute atomic E-state index is 0.0339. The van der Waals surface area contributed by atoms with Crippen LogP contribution >= 0.6 is 0 Å². The van der Waals surface area contributed by atoms with E-state index in [9.17, 15) is 13.6 Å². The molecule has 0 amide bonds. The third-order valence-electron chi connectivity index (χ3n) is 8.11. The van der Waals surface area contributed by atoms with Crippen LogP contribution in [0, 0.1) is 11.6 Å². The van der Waals surface area contributed by atoms with Crippen LogP contribution in [0.3, 0.4) is 0 Å². The zero-order chi connectivity index (χ0) is 29.9. The predicted octanol–water partition coefficient (Wildman–Crippen LogP) is 4.72. The second-order valence-corrected chi connectivity index (χ2v) is 11.0. The molecule has 2 aromatic heterocycles. The van der Waals surface area contributed by atoms with Crippen LogP contribution in [0.4, 0.5) is 14.7 Å². The Morgan fingerprint density at radius 2 is 2.00 bits per heavy atom. The van der Waals surface area contributed by atoms with Crippen LogP contribution in [0.1, 0.15) is 47.9 Å². The molecule has 2 aromatic carbocycles. The Morgan fingerprint density at radius 3 is 2.74 bits per heavy atom. The molecule has 0 spiro atoms. The Bertz CT molecular complexity index is 1610. The Balaban J connectivity index is 1.10. The van der Waals surface area contributed by atoms with Gasteiger partial charge >= 0.3 is 5.97 Å². The summed E-state index contributed by atoms with van der Waals surface area (Å²) in [5.41, 5.74) is 2.54. The van der Waals surface area contributed by atoms with Gasteiger partial charge in [-0.25, -0.2) is 23.5 Å². The number of rotatable bonds is 10. The average molecular weight is 593 g/mol. The molecule has 1 N–H and O–H groups in total. The summed E-state index contributed by atoms with van der Waals surface area (Å²) in [6.45, 7) is 5.21. The zero-order valence-electron chi connectivity index (χ0n) is 24.1. The van der Waals surface area contributed by atoms with Gasteiger partial charge in [-0.3, -0.25) is 4.90 Å². The minimum atomic E-state index is -0.626. The van der Waals surface area contributed by atoms with E-state index < -0.39 is 11.6 Å². The Morgan fingerprint density at radius 1 is 1.14 bits per heavy atom. The number of imidazole rings is 1. The van der Waals surface area contributed by atoms with Gasteiger partial charge in [0, 0.05) is 49.6 Å². The molecule has 12 heteroatoms. The summed E-state index contributed by atoms with van der Waals surface area (Å²) in [5.74, 6) is 0.0497. The molecule has 4 aromatic rings. The number of esters is 1. The molecule has 4 heterocycles. The molecule has 226 valence electrons. The molecule has 0 radical (unpaired) electrons. The number of anilines is 1. The number of hydrogen-bond acceptors (Lipinski definition) is 9. The molecule has 3 atom stereocenters. The van der Waals surface area contributed by atoms with Crippen molar-refractivity contribution in [2.24, 2.45) is 0 Å². The van der Waals surface area contributed by atoms with Crippen molar-refractivity contribution in [3.05, 3.63) is 77.2 Å². The molecule has 2 aliphatic heterocycles. The first-order chi connectivity index (χ1) is 20.9. The number of piperidine rings is 1. The lowest BCUT2D eigenvalue weighted by atomic mass is 10.0. The monoisotopic (exact) mass is 592 g/mol. The van der Waals surface area contributed by atoms with Gasteiger partial charge < -0.3 is 24.1 Å². The Hall–Kier alpha value is -4.16. The van der Waals surface area contributed by atoms with Crippen LogP contribution in [-0.2, 0) is 29.1 Å². The fourth-order valence-corrected chi connectivity index (χ4v) is 5.58. The molecule has 0 unspecified atom stereocenters. The molecule has 43 heavy (non-hydrogen) atoms. The van der Waals surface area contributed by atoms with Gasteiger partial charge in [0.2, 0.25) is 11.8 Å². The Labute approximate surface area is 248 Å². The summed E-state index contributed by atoms with van der Waals surface area (Å²) >= 11 is 0. The number of methoxy groups -OCH3 is 1. The molecule has 0 aliphatic carbocycles. The van der Waals surface area contributed by atoms with E-state index in [-0.39, 0.29) is 30.8 Å². The highest BCUT2D eigenvalue weighted by molar-refractivity contribution is 5.93. The van der Waals surface area contributed by atoms with E-state index in [4.69, 9.17) is 19.2 Å². The maximum atomic E-state index is 14.0. The molecule has 0 saturated carbocycles. The number of hydrogen-bond donors (Lipinski definition) is 1. The van der Waals surface area contributed by atoms with E-state index in [0.717, 1.165) is 55.3 Å². The normalized spacial score (nSPS) is 20.5. The van der Waals surface area contributed by atoms with Crippen molar-refractivity contribution in [3.8, 4) is 5.88 Å². The number of carbonyl (C=O) groups excluding carboxylic acids is 1. The van der Waals surface area contributed by atoms with Gasteiger partial charge in [-0.05, 0) is 50.5 Å². The van der Waals surface area contributed by atoms with Crippen LogP contribution in [0.2, 0.25) is 0 Å².